The van der Waals surface area contributed by atoms with Gasteiger partial charge >= 0.3 is 0 Å². The molecule has 0 aliphatic rings. The first-order valence-corrected chi connectivity index (χ1v) is 8.05. The van der Waals surface area contributed by atoms with E-state index in [1.54, 1.807) is 31.2 Å². The summed E-state index contributed by atoms with van der Waals surface area (Å²) >= 11 is 11.3. The number of thiocarbonyl (C=S) groups is 1. The topological polar surface area (TPSA) is 37.8 Å². The Morgan fingerprint density at radius 2 is 1.79 bits per heavy atom. The van der Waals surface area contributed by atoms with Gasteiger partial charge in [0.25, 0.3) is 0 Å². The van der Waals surface area contributed by atoms with Gasteiger partial charge in [-0.2, -0.15) is 0 Å². The normalized spacial score (nSPS) is 10.5. The number of hydrogen-bond donors (Lipinski definition) is 1. The van der Waals surface area contributed by atoms with Gasteiger partial charge in [-0.3, -0.25) is 0 Å². The molecule has 0 saturated carbocycles. The van der Waals surface area contributed by atoms with Crippen LogP contribution in [0.4, 0.5) is 15.9 Å². The predicted molar refractivity (Wildman–Crippen MR) is 99.7 cm³/mol. The molecule has 0 aliphatic carbocycles. The summed E-state index contributed by atoms with van der Waals surface area (Å²) in [4.78, 5) is 8.77. The number of anilines is 2. The van der Waals surface area contributed by atoms with Crippen LogP contribution in [0, 0.1) is 12.7 Å². The van der Waals surface area contributed by atoms with Crippen LogP contribution < -0.4 is 5.32 Å². The highest BCUT2D eigenvalue weighted by Crippen LogP contribution is 2.31. The lowest BCUT2D eigenvalue weighted by molar-refractivity contribution is 0.630. The van der Waals surface area contributed by atoms with Crippen LogP contribution >= 0.6 is 23.8 Å². The number of nitrogens with zero attached hydrogens (tertiary/aromatic N) is 2. The molecule has 0 bridgehead atoms. The first-order valence-electron chi connectivity index (χ1n) is 7.20. The maximum absolute atomic E-state index is 14.2. The maximum Gasteiger partial charge on any atom is 0.142 e. The highest BCUT2D eigenvalue weighted by Gasteiger charge is 2.16. The minimum absolute atomic E-state index is 0.364. The number of aryl methyl sites for hydroxylation is 1. The third-order valence-corrected chi connectivity index (χ3v) is 4.00. The van der Waals surface area contributed by atoms with Gasteiger partial charge in [0, 0.05) is 10.9 Å². The van der Waals surface area contributed by atoms with Gasteiger partial charge < -0.3 is 5.32 Å². The molecule has 120 valence electrons. The molecule has 0 aliphatic heterocycles. The summed E-state index contributed by atoms with van der Waals surface area (Å²) in [7, 11) is 0. The van der Waals surface area contributed by atoms with Crippen molar-refractivity contribution in [1.29, 1.82) is 0 Å². The lowest BCUT2D eigenvalue weighted by Gasteiger charge is -2.14. The lowest BCUT2D eigenvalue weighted by Crippen LogP contribution is -2.06. The highest BCUT2D eigenvalue weighted by molar-refractivity contribution is 7.79. The van der Waals surface area contributed by atoms with Gasteiger partial charge in [0.1, 0.15) is 17.5 Å². The summed E-state index contributed by atoms with van der Waals surface area (Å²) in [5.41, 5.74) is 2.06. The van der Waals surface area contributed by atoms with E-state index in [9.17, 15) is 4.39 Å². The summed E-state index contributed by atoms with van der Waals surface area (Å²) in [5, 5.41) is 5.16. The molecule has 0 spiro atoms. The van der Waals surface area contributed by atoms with Crippen molar-refractivity contribution in [3.63, 3.8) is 0 Å². The Bertz CT molecular complexity index is 915. The van der Waals surface area contributed by atoms with Crippen LogP contribution in [-0.2, 0) is 0 Å². The molecule has 2 aromatic carbocycles. The van der Waals surface area contributed by atoms with Crippen LogP contribution in [0.2, 0.25) is 5.02 Å². The molecule has 0 atom stereocenters. The van der Waals surface area contributed by atoms with E-state index in [1.165, 1.54) is 11.4 Å². The SMILES string of the molecule is Cc1nc(Nc2ccccc2Cl)c(C=S)c(-c2ccccc2F)n1. The molecule has 0 saturated heterocycles. The van der Waals surface area contributed by atoms with Crippen LogP contribution in [0.3, 0.4) is 0 Å². The van der Waals surface area contributed by atoms with Crippen LogP contribution in [0.1, 0.15) is 11.4 Å². The van der Waals surface area contributed by atoms with Gasteiger partial charge in [0.2, 0.25) is 0 Å². The van der Waals surface area contributed by atoms with E-state index in [0.717, 1.165) is 0 Å². The Balaban J connectivity index is 2.16. The molecule has 3 nitrogen and oxygen atoms in total. The van der Waals surface area contributed by atoms with Crippen LogP contribution in [0.15, 0.2) is 48.5 Å². The molecule has 3 aromatic rings. The molecule has 6 heteroatoms. The molecule has 0 amide bonds. The van der Waals surface area contributed by atoms with E-state index in [0.29, 0.717) is 39.2 Å². The van der Waals surface area contributed by atoms with Crippen molar-refractivity contribution < 1.29 is 4.39 Å². The third kappa shape index (κ3) is 3.27. The first-order chi connectivity index (χ1) is 11.6. The monoisotopic (exact) mass is 357 g/mol. The predicted octanol–water partition coefficient (Wildman–Crippen LogP) is 5.34. The Morgan fingerprint density at radius 3 is 2.50 bits per heavy atom. The zero-order valence-corrected chi connectivity index (χ0v) is 14.3. The van der Waals surface area contributed by atoms with Crippen molar-refractivity contribution in [1.82, 2.24) is 9.97 Å². The van der Waals surface area contributed by atoms with Crippen molar-refractivity contribution in [3.05, 3.63) is 70.8 Å². The van der Waals surface area contributed by atoms with Crippen LogP contribution in [0.5, 0.6) is 0 Å². The van der Waals surface area contributed by atoms with Crippen molar-refractivity contribution in [3.8, 4) is 11.3 Å². The average Bonchev–Trinajstić information content (AvgIpc) is 2.57. The molecule has 0 fully saturated rings. The van der Waals surface area contributed by atoms with Crippen LogP contribution in [-0.4, -0.2) is 15.3 Å². The fourth-order valence-electron chi connectivity index (χ4n) is 2.34. The summed E-state index contributed by atoms with van der Waals surface area (Å²) in [6, 6.07) is 13.7. The van der Waals surface area contributed by atoms with Crippen molar-refractivity contribution in [2.24, 2.45) is 0 Å². The van der Waals surface area contributed by atoms with E-state index in [4.69, 9.17) is 23.8 Å². The minimum atomic E-state index is -0.364. The molecule has 1 aromatic heterocycles. The molecule has 0 radical (unpaired) electrons. The standard InChI is InChI=1S/C18H13ClFN3S/c1-11-21-17(12-6-2-4-8-15(12)20)13(10-24)18(22-11)23-16-9-5-3-7-14(16)19/h2-10H,1H3,(H,21,22,23). The highest BCUT2D eigenvalue weighted by atomic mass is 35.5. The quantitative estimate of drug-likeness (QED) is 0.640. The Hall–Kier alpha value is -2.37. The van der Waals surface area contributed by atoms with Gasteiger partial charge in [0.05, 0.1) is 22.0 Å². The fraction of sp³-hybridized carbons (Fsp3) is 0.0556. The Labute approximate surface area is 149 Å². The average molecular weight is 358 g/mol. The third-order valence-electron chi connectivity index (χ3n) is 3.43. The van der Waals surface area contributed by atoms with Gasteiger partial charge in [-0.05, 0) is 31.2 Å². The zero-order chi connectivity index (χ0) is 17.1. The van der Waals surface area contributed by atoms with Crippen molar-refractivity contribution in [2.45, 2.75) is 6.92 Å². The van der Waals surface area contributed by atoms with E-state index in [2.05, 4.69) is 15.3 Å². The number of aromatic nitrogens is 2. The maximum atomic E-state index is 14.2. The molecule has 1 N–H and O–H groups in total. The number of rotatable bonds is 4. The fourth-order valence-corrected chi connectivity index (χ4v) is 2.74. The molecule has 24 heavy (non-hydrogen) atoms. The zero-order valence-electron chi connectivity index (χ0n) is 12.8. The Morgan fingerprint density at radius 1 is 1.08 bits per heavy atom. The number of para-hydroxylation sites is 1. The van der Waals surface area contributed by atoms with Gasteiger partial charge in [-0.25, -0.2) is 14.4 Å². The number of benzene rings is 2. The summed E-state index contributed by atoms with van der Waals surface area (Å²) in [6.07, 6.45) is 0. The summed E-state index contributed by atoms with van der Waals surface area (Å²) in [5.74, 6) is 0.629. The second kappa shape index (κ2) is 7.03. The molecular formula is C18H13ClFN3S. The van der Waals surface area contributed by atoms with Gasteiger partial charge in [0.15, 0.2) is 0 Å². The number of hydrogen-bond acceptors (Lipinski definition) is 4. The second-order valence-corrected chi connectivity index (χ2v) is 5.73. The van der Waals surface area contributed by atoms with E-state index >= 15 is 0 Å². The van der Waals surface area contributed by atoms with E-state index in [-0.39, 0.29) is 5.82 Å². The number of halogens is 2. The summed E-state index contributed by atoms with van der Waals surface area (Å²) in [6.45, 7) is 1.75. The lowest BCUT2D eigenvalue weighted by atomic mass is 10.1. The first kappa shape index (κ1) is 16.5. The Kier molecular flexibility index (Phi) is 4.83. The van der Waals surface area contributed by atoms with Crippen LogP contribution in [0.25, 0.3) is 11.3 Å². The molecule has 1 heterocycles. The van der Waals surface area contributed by atoms with Crippen molar-refractivity contribution >= 4 is 40.7 Å². The molecule has 3 rings (SSSR count). The second-order valence-electron chi connectivity index (χ2n) is 5.08. The molecular weight excluding hydrogens is 345 g/mol. The van der Waals surface area contributed by atoms with E-state index in [1.807, 2.05) is 18.2 Å². The minimum Gasteiger partial charge on any atom is -0.338 e. The largest absolute Gasteiger partial charge is 0.338 e. The van der Waals surface area contributed by atoms with Crippen molar-refractivity contribution in [2.75, 3.05) is 5.32 Å². The van der Waals surface area contributed by atoms with E-state index < -0.39 is 0 Å². The van der Waals surface area contributed by atoms with Gasteiger partial charge in [-0.15, -0.1) is 0 Å². The molecule has 0 unspecified atom stereocenters. The number of nitrogens with one attached hydrogen (secondary N) is 1. The van der Waals surface area contributed by atoms with Gasteiger partial charge in [-0.1, -0.05) is 48.1 Å². The summed E-state index contributed by atoms with van der Waals surface area (Å²) < 4.78 is 14.2. The smallest absolute Gasteiger partial charge is 0.142 e.